The predicted molar refractivity (Wildman–Crippen MR) is 55.6 cm³/mol. The van der Waals surface area contributed by atoms with E-state index in [1.807, 2.05) is 0 Å². The molecule has 2 fully saturated rings. The fourth-order valence-corrected chi connectivity index (χ4v) is 2.31. The predicted octanol–water partition coefficient (Wildman–Crippen LogP) is 1.03. The second kappa shape index (κ2) is 3.89. The molecule has 0 aromatic rings. The van der Waals surface area contributed by atoms with Crippen molar-refractivity contribution in [2.75, 3.05) is 0 Å². The van der Waals surface area contributed by atoms with Crippen LogP contribution in [0.2, 0.25) is 0 Å². The molecule has 0 aromatic heterocycles. The van der Waals surface area contributed by atoms with Gasteiger partial charge in [0.05, 0.1) is 0 Å². The van der Waals surface area contributed by atoms with Crippen molar-refractivity contribution in [3.63, 3.8) is 0 Å². The van der Waals surface area contributed by atoms with Gasteiger partial charge in [-0.3, -0.25) is 4.79 Å². The van der Waals surface area contributed by atoms with E-state index in [1.165, 1.54) is 12.8 Å². The number of nitrogens with one attached hydrogen (secondary N) is 1. The van der Waals surface area contributed by atoms with E-state index in [4.69, 9.17) is 5.73 Å². The van der Waals surface area contributed by atoms with Crippen molar-refractivity contribution in [1.82, 2.24) is 5.32 Å². The molecule has 3 heteroatoms. The second-order valence-corrected chi connectivity index (χ2v) is 4.90. The minimum atomic E-state index is 0.186. The van der Waals surface area contributed by atoms with Gasteiger partial charge in [-0.1, -0.05) is 0 Å². The van der Waals surface area contributed by atoms with Crippen LogP contribution in [0.5, 0.6) is 0 Å². The number of carbonyl (C=O) groups is 1. The summed E-state index contributed by atoms with van der Waals surface area (Å²) in [5, 5.41) is 3.11. The standard InChI is InChI=1S/C11H20N2O/c1-7(8-2-3-8)13-11(14)9-4-5-10(12)6-9/h7-10H,2-6,12H2,1H3,(H,13,14). The molecule has 2 aliphatic carbocycles. The molecule has 2 rings (SSSR count). The molecule has 0 aliphatic heterocycles. The van der Waals surface area contributed by atoms with Gasteiger partial charge in [0, 0.05) is 18.0 Å². The minimum absolute atomic E-state index is 0.186. The SMILES string of the molecule is CC(NC(=O)C1CCC(N)C1)C1CC1. The number of nitrogens with two attached hydrogens (primary N) is 1. The number of hydrogen-bond acceptors (Lipinski definition) is 2. The van der Waals surface area contributed by atoms with Crippen LogP contribution in [0.1, 0.15) is 39.0 Å². The summed E-state index contributed by atoms with van der Waals surface area (Å²) in [6.07, 6.45) is 5.43. The monoisotopic (exact) mass is 196 g/mol. The van der Waals surface area contributed by atoms with Crippen LogP contribution in [0, 0.1) is 11.8 Å². The lowest BCUT2D eigenvalue weighted by Crippen LogP contribution is -2.38. The topological polar surface area (TPSA) is 55.1 Å². The van der Waals surface area contributed by atoms with Crippen molar-refractivity contribution in [2.45, 2.75) is 51.1 Å². The zero-order chi connectivity index (χ0) is 10.1. The molecule has 0 bridgehead atoms. The van der Waals surface area contributed by atoms with Crippen LogP contribution in [0.25, 0.3) is 0 Å². The molecule has 3 nitrogen and oxygen atoms in total. The van der Waals surface area contributed by atoms with E-state index in [1.54, 1.807) is 0 Å². The average molecular weight is 196 g/mol. The maximum Gasteiger partial charge on any atom is 0.223 e. The van der Waals surface area contributed by atoms with Gasteiger partial charge in [-0.25, -0.2) is 0 Å². The first-order valence-corrected chi connectivity index (χ1v) is 5.72. The third-order valence-corrected chi connectivity index (χ3v) is 3.54. The third kappa shape index (κ3) is 2.27. The van der Waals surface area contributed by atoms with Crippen LogP contribution in [-0.4, -0.2) is 18.0 Å². The zero-order valence-electron chi connectivity index (χ0n) is 8.83. The molecule has 3 atom stereocenters. The summed E-state index contributed by atoms with van der Waals surface area (Å²) in [5.74, 6) is 1.16. The number of carbonyl (C=O) groups excluding carboxylic acids is 1. The maximum atomic E-state index is 11.8. The van der Waals surface area contributed by atoms with Crippen LogP contribution in [-0.2, 0) is 4.79 Å². The van der Waals surface area contributed by atoms with Gasteiger partial charge in [0.1, 0.15) is 0 Å². The molecule has 0 radical (unpaired) electrons. The van der Waals surface area contributed by atoms with Gasteiger partial charge in [-0.05, 0) is 44.9 Å². The highest BCUT2D eigenvalue weighted by Crippen LogP contribution is 2.33. The lowest BCUT2D eigenvalue weighted by molar-refractivity contribution is -0.125. The smallest absolute Gasteiger partial charge is 0.223 e. The van der Waals surface area contributed by atoms with Crippen molar-refractivity contribution < 1.29 is 4.79 Å². The Balaban J connectivity index is 1.77. The van der Waals surface area contributed by atoms with Gasteiger partial charge < -0.3 is 11.1 Å². The Morgan fingerprint density at radius 3 is 2.57 bits per heavy atom. The van der Waals surface area contributed by atoms with E-state index >= 15 is 0 Å². The van der Waals surface area contributed by atoms with E-state index in [-0.39, 0.29) is 17.9 Å². The average Bonchev–Trinajstić information content (AvgIpc) is 2.89. The first-order chi connectivity index (χ1) is 6.66. The number of amides is 1. The van der Waals surface area contributed by atoms with E-state index in [9.17, 15) is 4.79 Å². The first-order valence-electron chi connectivity index (χ1n) is 5.72. The first kappa shape index (κ1) is 9.97. The van der Waals surface area contributed by atoms with Crippen LogP contribution in [0.15, 0.2) is 0 Å². The van der Waals surface area contributed by atoms with Crippen molar-refractivity contribution in [2.24, 2.45) is 17.6 Å². The summed E-state index contributed by atoms with van der Waals surface area (Å²) in [7, 11) is 0. The Bertz CT molecular complexity index is 225. The van der Waals surface area contributed by atoms with E-state index < -0.39 is 0 Å². The van der Waals surface area contributed by atoms with Gasteiger partial charge in [0.2, 0.25) is 5.91 Å². The molecule has 0 saturated heterocycles. The van der Waals surface area contributed by atoms with Crippen LogP contribution in [0.3, 0.4) is 0 Å². The normalized spacial score (nSPS) is 34.1. The summed E-state index contributed by atoms with van der Waals surface area (Å²) in [5.41, 5.74) is 5.79. The van der Waals surface area contributed by atoms with Gasteiger partial charge in [-0.15, -0.1) is 0 Å². The Hall–Kier alpha value is -0.570. The van der Waals surface area contributed by atoms with Crippen LogP contribution >= 0.6 is 0 Å². The lowest BCUT2D eigenvalue weighted by atomic mass is 10.1. The maximum absolute atomic E-state index is 11.8. The van der Waals surface area contributed by atoms with Crippen molar-refractivity contribution in [1.29, 1.82) is 0 Å². The molecule has 0 spiro atoms. The molecular weight excluding hydrogens is 176 g/mol. The molecular formula is C11H20N2O. The van der Waals surface area contributed by atoms with Gasteiger partial charge in [-0.2, -0.15) is 0 Å². The molecule has 3 unspecified atom stereocenters. The Morgan fingerprint density at radius 2 is 2.07 bits per heavy atom. The summed E-state index contributed by atoms with van der Waals surface area (Å²) in [6.45, 7) is 2.12. The second-order valence-electron chi connectivity index (χ2n) is 4.90. The Labute approximate surface area is 85.4 Å². The third-order valence-electron chi connectivity index (χ3n) is 3.54. The van der Waals surface area contributed by atoms with Gasteiger partial charge >= 0.3 is 0 Å². The summed E-state index contributed by atoms with van der Waals surface area (Å²) in [4.78, 5) is 11.8. The highest BCUT2D eigenvalue weighted by atomic mass is 16.1. The quantitative estimate of drug-likeness (QED) is 0.708. The van der Waals surface area contributed by atoms with E-state index in [0.717, 1.165) is 25.2 Å². The van der Waals surface area contributed by atoms with E-state index in [0.29, 0.717) is 6.04 Å². The highest BCUT2D eigenvalue weighted by Gasteiger charge is 2.32. The highest BCUT2D eigenvalue weighted by molar-refractivity contribution is 5.79. The minimum Gasteiger partial charge on any atom is -0.353 e. The van der Waals surface area contributed by atoms with Crippen molar-refractivity contribution in [3.8, 4) is 0 Å². The molecule has 2 saturated carbocycles. The lowest BCUT2D eigenvalue weighted by Gasteiger charge is -2.16. The van der Waals surface area contributed by atoms with Crippen LogP contribution in [0.4, 0.5) is 0 Å². The summed E-state index contributed by atoms with van der Waals surface area (Å²) >= 11 is 0. The molecule has 1 amide bonds. The molecule has 2 aliphatic rings. The summed E-state index contributed by atoms with van der Waals surface area (Å²) in [6, 6.07) is 0.626. The Morgan fingerprint density at radius 1 is 1.36 bits per heavy atom. The molecule has 80 valence electrons. The Kier molecular flexibility index (Phi) is 2.77. The van der Waals surface area contributed by atoms with Gasteiger partial charge in [0.15, 0.2) is 0 Å². The number of hydrogen-bond donors (Lipinski definition) is 2. The fraction of sp³-hybridized carbons (Fsp3) is 0.909. The van der Waals surface area contributed by atoms with E-state index in [2.05, 4.69) is 12.2 Å². The molecule has 3 N–H and O–H groups in total. The van der Waals surface area contributed by atoms with Crippen molar-refractivity contribution >= 4 is 5.91 Å². The van der Waals surface area contributed by atoms with Crippen molar-refractivity contribution in [3.05, 3.63) is 0 Å². The molecule has 14 heavy (non-hydrogen) atoms. The van der Waals surface area contributed by atoms with Gasteiger partial charge in [0.25, 0.3) is 0 Å². The fourth-order valence-electron chi connectivity index (χ4n) is 2.31. The largest absolute Gasteiger partial charge is 0.353 e. The van der Waals surface area contributed by atoms with Crippen LogP contribution < -0.4 is 11.1 Å². The molecule has 0 aromatic carbocycles. The molecule has 0 heterocycles. The summed E-state index contributed by atoms with van der Waals surface area (Å²) < 4.78 is 0. The zero-order valence-corrected chi connectivity index (χ0v) is 8.83. The number of rotatable bonds is 3.